The highest BCUT2D eigenvalue weighted by molar-refractivity contribution is 5.98. The van der Waals surface area contributed by atoms with E-state index in [-0.39, 0.29) is 0 Å². The average molecular weight is 266 g/mol. The maximum atomic E-state index is 4.32. The first-order valence-corrected chi connectivity index (χ1v) is 6.81. The molecule has 1 aliphatic rings. The smallest absolute Gasteiger partial charge is 0.170 e. The number of rotatable bonds is 4. The van der Waals surface area contributed by atoms with Crippen LogP contribution in [0, 0.1) is 0 Å². The van der Waals surface area contributed by atoms with Gasteiger partial charge in [-0.15, -0.1) is 10.2 Å². The van der Waals surface area contributed by atoms with Crippen molar-refractivity contribution in [2.24, 2.45) is 5.10 Å². The lowest BCUT2D eigenvalue weighted by molar-refractivity contribution is 0.170. The molecule has 3 rings (SSSR count). The first kappa shape index (κ1) is 12.7. The van der Waals surface area contributed by atoms with Crippen molar-refractivity contribution in [3.8, 4) is 0 Å². The van der Waals surface area contributed by atoms with Crippen LogP contribution >= 0.6 is 0 Å². The van der Waals surface area contributed by atoms with Crippen LogP contribution in [-0.4, -0.2) is 17.5 Å². The third-order valence-electron chi connectivity index (χ3n) is 3.40. The van der Waals surface area contributed by atoms with Gasteiger partial charge in [-0.3, -0.25) is 5.43 Å². The molecule has 0 fully saturated rings. The zero-order chi connectivity index (χ0) is 13.8. The molecule has 0 amide bonds. The molecule has 1 atom stereocenters. The quantitative estimate of drug-likeness (QED) is 0.893. The van der Waals surface area contributed by atoms with Gasteiger partial charge < -0.3 is 0 Å². The highest BCUT2D eigenvalue weighted by Gasteiger charge is 2.18. The minimum atomic E-state index is 0.418. The largest absolute Gasteiger partial charge is 0.282 e. The lowest BCUT2D eigenvalue weighted by atomic mass is 10.0. The van der Waals surface area contributed by atoms with Crippen LogP contribution in [0.3, 0.4) is 0 Å². The normalized spacial score (nSPS) is 16.1. The van der Waals surface area contributed by atoms with Crippen molar-refractivity contribution in [1.29, 1.82) is 0 Å². The molecule has 2 N–H and O–H groups in total. The number of benzene rings is 2. The summed E-state index contributed by atoms with van der Waals surface area (Å²) in [6.45, 7) is 3.04. The summed E-state index contributed by atoms with van der Waals surface area (Å²) in [5.41, 5.74) is 8.70. The van der Waals surface area contributed by atoms with E-state index < -0.39 is 0 Å². The number of amidine groups is 1. The Labute approximate surface area is 119 Å². The maximum absolute atomic E-state index is 4.32. The molecule has 0 radical (unpaired) electrons. The maximum Gasteiger partial charge on any atom is 0.170 e. The molecule has 20 heavy (non-hydrogen) atoms. The second kappa shape index (κ2) is 5.75. The number of hydrazone groups is 1. The Morgan fingerprint density at radius 2 is 1.65 bits per heavy atom. The van der Waals surface area contributed by atoms with Gasteiger partial charge in [-0.2, -0.15) is 0 Å². The molecule has 0 saturated heterocycles. The van der Waals surface area contributed by atoms with Crippen molar-refractivity contribution in [1.82, 2.24) is 16.1 Å². The molecule has 0 aromatic heterocycles. The van der Waals surface area contributed by atoms with Gasteiger partial charge >= 0.3 is 0 Å². The van der Waals surface area contributed by atoms with Crippen LogP contribution in [0.25, 0.3) is 0 Å². The predicted octanol–water partition coefficient (Wildman–Crippen LogP) is 2.48. The Morgan fingerprint density at radius 1 is 1.00 bits per heavy atom. The minimum absolute atomic E-state index is 0.418. The molecular weight excluding hydrogens is 248 g/mol. The Bertz CT molecular complexity index is 580. The summed E-state index contributed by atoms with van der Waals surface area (Å²) in [4.78, 5) is 0. The molecule has 1 unspecified atom stereocenters. The van der Waals surface area contributed by atoms with Gasteiger partial charge in [-0.1, -0.05) is 67.6 Å². The summed E-state index contributed by atoms with van der Waals surface area (Å²) in [6.07, 6.45) is 0. The van der Waals surface area contributed by atoms with Crippen LogP contribution in [0.15, 0.2) is 65.8 Å². The third-order valence-corrected chi connectivity index (χ3v) is 3.40. The number of nitrogens with one attached hydrogen (secondary N) is 2. The summed E-state index contributed by atoms with van der Waals surface area (Å²) in [6, 6.07) is 20.6. The highest BCUT2D eigenvalue weighted by Crippen LogP contribution is 2.15. The zero-order valence-corrected chi connectivity index (χ0v) is 11.5. The summed E-state index contributed by atoms with van der Waals surface area (Å²) in [5, 5.41) is 6.23. The molecule has 4 nitrogen and oxygen atoms in total. The summed E-state index contributed by atoms with van der Waals surface area (Å²) >= 11 is 0. The molecule has 0 bridgehead atoms. The SMILES string of the molecule is CC(CN1NN=C(c2ccccc2)N1)c1ccccc1. The Hall–Kier alpha value is -2.33. The second-order valence-electron chi connectivity index (χ2n) is 4.96. The number of hydrogen-bond donors (Lipinski definition) is 2. The molecule has 1 aliphatic heterocycles. The molecular formula is C16H18N4. The molecule has 4 heteroatoms. The van der Waals surface area contributed by atoms with E-state index in [1.54, 1.807) is 0 Å². The van der Waals surface area contributed by atoms with Crippen LogP contribution in [0.4, 0.5) is 0 Å². The zero-order valence-electron chi connectivity index (χ0n) is 11.5. The van der Waals surface area contributed by atoms with E-state index >= 15 is 0 Å². The van der Waals surface area contributed by atoms with E-state index in [4.69, 9.17) is 0 Å². The predicted molar refractivity (Wildman–Crippen MR) is 80.8 cm³/mol. The molecule has 0 saturated carbocycles. The lowest BCUT2D eigenvalue weighted by Gasteiger charge is -2.20. The fraction of sp³-hybridized carbons (Fsp3) is 0.188. The van der Waals surface area contributed by atoms with E-state index in [9.17, 15) is 0 Å². The molecule has 0 aliphatic carbocycles. The molecule has 2 aromatic carbocycles. The fourth-order valence-electron chi connectivity index (χ4n) is 2.26. The molecule has 2 aromatic rings. The van der Waals surface area contributed by atoms with E-state index in [0.717, 1.165) is 17.9 Å². The topological polar surface area (TPSA) is 39.7 Å². The van der Waals surface area contributed by atoms with Crippen LogP contribution in [0.2, 0.25) is 0 Å². The van der Waals surface area contributed by atoms with Gasteiger partial charge in [0.05, 0.1) is 0 Å². The molecule has 102 valence electrons. The Kier molecular flexibility index (Phi) is 3.65. The van der Waals surface area contributed by atoms with Crippen molar-refractivity contribution in [2.75, 3.05) is 6.54 Å². The van der Waals surface area contributed by atoms with Gasteiger partial charge in [0.2, 0.25) is 0 Å². The fourth-order valence-corrected chi connectivity index (χ4v) is 2.26. The molecule has 1 heterocycles. The lowest BCUT2D eigenvalue weighted by Crippen LogP contribution is -2.43. The van der Waals surface area contributed by atoms with E-state index in [2.05, 4.69) is 47.3 Å². The van der Waals surface area contributed by atoms with Gasteiger partial charge in [-0.05, 0) is 11.5 Å². The number of hydrogen-bond acceptors (Lipinski definition) is 4. The summed E-state index contributed by atoms with van der Waals surface area (Å²) in [7, 11) is 0. The minimum Gasteiger partial charge on any atom is -0.282 e. The number of nitrogens with zero attached hydrogens (tertiary/aromatic N) is 2. The van der Waals surface area contributed by atoms with Gasteiger partial charge in [0.15, 0.2) is 5.84 Å². The van der Waals surface area contributed by atoms with Crippen molar-refractivity contribution in [3.05, 3.63) is 71.8 Å². The van der Waals surface area contributed by atoms with E-state index in [1.807, 2.05) is 41.5 Å². The van der Waals surface area contributed by atoms with Crippen molar-refractivity contribution in [3.63, 3.8) is 0 Å². The van der Waals surface area contributed by atoms with Gasteiger partial charge in [0.25, 0.3) is 0 Å². The first-order valence-electron chi connectivity index (χ1n) is 6.81. The van der Waals surface area contributed by atoms with Crippen LogP contribution in [-0.2, 0) is 0 Å². The van der Waals surface area contributed by atoms with Crippen molar-refractivity contribution >= 4 is 5.84 Å². The molecule has 0 spiro atoms. The van der Waals surface area contributed by atoms with E-state index in [1.165, 1.54) is 5.56 Å². The van der Waals surface area contributed by atoms with Crippen LogP contribution in [0.5, 0.6) is 0 Å². The van der Waals surface area contributed by atoms with E-state index in [0.29, 0.717) is 5.92 Å². The van der Waals surface area contributed by atoms with Gasteiger partial charge in [0.1, 0.15) is 0 Å². The monoisotopic (exact) mass is 266 g/mol. The Balaban J connectivity index is 1.60. The highest BCUT2D eigenvalue weighted by atomic mass is 15.9. The van der Waals surface area contributed by atoms with Crippen molar-refractivity contribution < 1.29 is 0 Å². The van der Waals surface area contributed by atoms with Gasteiger partial charge in [0, 0.05) is 12.1 Å². The second-order valence-corrected chi connectivity index (χ2v) is 4.96. The van der Waals surface area contributed by atoms with Gasteiger partial charge in [-0.25, -0.2) is 5.53 Å². The standard InChI is InChI=1S/C16H18N4/c1-13(14-8-4-2-5-9-14)12-20-18-16(17-19-20)15-10-6-3-7-11-15/h2-11,13,19H,12H2,1H3,(H,17,18). The third kappa shape index (κ3) is 2.81. The number of hydrazine groups is 2. The first-order chi connectivity index (χ1) is 9.83. The van der Waals surface area contributed by atoms with Crippen molar-refractivity contribution in [2.45, 2.75) is 12.8 Å². The Morgan fingerprint density at radius 3 is 2.35 bits per heavy atom. The summed E-state index contributed by atoms with van der Waals surface area (Å²) in [5.74, 6) is 1.27. The van der Waals surface area contributed by atoms with Crippen LogP contribution in [0.1, 0.15) is 24.0 Å². The average Bonchev–Trinajstić information content (AvgIpc) is 2.97. The van der Waals surface area contributed by atoms with Crippen LogP contribution < -0.4 is 11.0 Å². The summed E-state index contributed by atoms with van der Waals surface area (Å²) < 4.78 is 0.